The molecule has 170 valence electrons. The van der Waals surface area contributed by atoms with Gasteiger partial charge in [-0.3, -0.25) is 9.67 Å². The van der Waals surface area contributed by atoms with Crippen LogP contribution in [0.3, 0.4) is 0 Å². The Kier molecular flexibility index (Phi) is 5.02. The molecule has 1 saturated carbocycles. The number of rotatable bonds is 8. The van der Waals surface area contributed by atoms with Crippen LogP contribution < -0.4 is 4.74 Å². The van der Waals surface area contributed by atoms with Gasteiger partial charge in [-0.25, -0.2) is 9.67 Å². The lowest BCUT2D eigenvalue weighted by molar-refractivity contribution is 0.283. The quantitative estimate of drug-likeness (QED) is 0.342. The van der Waals surface area contributed by atoms with Crippen molar-refractivity contribution in [2.45, 2.75) is 31.9 Å². The van der Waals surface area contributed by atoms with Crippen LogP contribution in [0.5, 0.6) is 5.88 Å². The van der Waals surface area contributed by atoms with E-state index >= 15 is 0 Å². The zero-order valence-corrected chi connectivity index (χ0v) is 18.3. The summed E-state index contributed by atoms with van der Waals surface area (Å²) in [6.07, 6.45) is 9.29. The molecule has 0 aromatic carbocycles. The first-order valence-electron chi connectivity index (χ1n) is 10.8. The summed E-state index contributed by atoms with van der Waals surface area (Å²) in [5, 5.41) is 19.6. The Balaban J connectivity index is 1.19. The second-order valence-electron chi connectivity index (χ2n) is 8.09. The number of hydrogen-bond acceptors (Lipinski definition) is 10. The summed E-state index contributed by atoms with van der Waals surface area (Å²) in [6.45, 7) is 0.704. The predicted octanol–water partition coefficient (Wildman–Crippen LogP) is 2.42. The van der Waals surface area contributed by atoms with Crippen molar-refractivity contribution in [2.75, 3.05) is 0 Å². The zero-order valence-electron chi connectivity index (χ0n) is 18.3. The molecule has 0 amide bonds. The topological polar surface area (TPSA) is 135 Å². The van der Waals surface area contributed by atoms with Crippen molar-refractivity contribution < 1.29 is 9.26 Å². The zero-order chi connectivity index (χ0) is 22.9. The summed E-state index contributed by atoms with van der Waals surface area (Å²) in [6, 6.07) is 7.68. The summed E-state index contributed by atoms with van der Waals surface area (Å²) in [5.74, 6) is 2.03. The Labute approximate surface area is 193 Å². The van der Waals surface area contributed by atoms with Crippen molar-refractivity contribution in [3.05, 3.63) is 66.1 Å². The largest absolute Gasteiger partial charge is 0.471 e. The molecule has 0 saturated heterocycles. The van der Waals surface area contributed by atoms with E-state index in [1.807, 2.05) is 31.4 Å². The maximum Gasteiger partial charge on any atom is 0.261 e. The summed E-state index contributed by atoms with van der Waals surface area (Å²) < 4.78 is 14.8. The molecular weight excluding hydrogens is 436 g/mol. The van der Waals surface area contributed by atoms with E-state index in [-0.39, 0.29) is 6.61 Å². The Morgan fingerprint density at radius 1 is 1.15 bits per heavy atom. The fourth-order valence-electron chi connectivity index (χ4n) is 3.66. The summed E-state index contributed by atoms with van der Waals surface area (Å²) in [5.41, 5.74) is 4.32. The van der Waals surface area contributed by atoms with Gasteiger partial charge in [0.15, 0.2) is 0 Å². The van der Waals surface area contributed by atoms with Crippen LogP contribution in [0.25, 0.3) is 22.8 Å². The molecule has 5 aromatic rings. The highest BCUT2D eigenvalue weighted by Crippen LogP contribution is 2.39. The molecule has 5 aromatic heterocycles. The third kappa shape index (κ3) is 4.12. The molecule has 0 unspecified atom stereocenters. The van der Waals surface area contributed by atoms with Gasteiger partial charge < -0.3 is 9.26 Å². The molecule has 0 spiro atoms. The molecule has 0 N–H and O–H groups in total. The normalized spacial score (nSPS) is 13.3. The number of hydrogen-bond donors (Lipinski definition) is 0. The van der Waals surface area contributed by atoms with Gasteiger partial charge in [0.1, 0.15) is 12.9 Å². The molecule has 0 radical (unpaired) electrons. The van der Waals surface area contributed by atoms with Gasteiger partial charge in [-0.05, 0) is 46.9 Å². The van der Waals surface area contributed by atoms with Gasteiger partial charge in [-0.15, -0.1) is 5.10 Å². The third-order valence-electron chi connectivity index (χ3n) is 5.67. The highest BCUT2D eigenvalue weighted by Gasteiger charge is 2.24. The number of nitrogens with zero attached hydrogens (tertiary/aromatic N) is 10. The number of tetrazole rings is 1. The van der Waals surface area contributed by atoms with Gasteiger partial charge in [-0.2, -0.15) is 10.1 Å². The maximum absolute atomic E-state index is 5.92. The second kappa shape index (κ2) is 8.46. The summed E-state index contributed by atoms with van der Waals surface area (Å²) in [4.78, 5) is 13.4. The fraction of sp³-hybridized carbons (Fsp3) is 0.273. The van der Waals surface area contributed by atoms with Crippen LogP contribution in [0, 0.1) is 0 Å². The van der Waals surface area contributed by atoms with E-state index in [2.05, 4.69) is 46.8 Å². The number of ether oxygens (including phenoxy) is 1. The van der Waals surface area contributed by atoms with Crippen LogP contribution in [0.2, 0.25) is 0 Å². The molecule has 1 aliphatic rings. The Morgan fingerprint density at radius 3 is 2.88 bits per heavy atom. The van der Waals surface area contributed by atoms with Gasteiger partial charge >= 0.3 is 0 Å². The van der Waals surface area contributed by atoms with Crippen molar-refractivity contribution >= 4 is 0 Å². The molecule has 34 heavy (non-hydrogen) atoms. The van der Waals surface area contributed by atoms with Crippen LogP contribution in [0.4, 0.5) is 0 Å². The van der Waals surface area contributed by atoms with Crippen LogP contribution in [0.15, 0.2) is 53.7 Å². The highest BCUT2D eigenvalue weighted by atomic mass is 16.5. The van der Waals surface area contributed by atoms with Crippen molar-refractivity contribution in [3.63, 3.8) is 0 Å². The minimum Gasteiger partial charge on any atom is -0.471 e. The van der Waals surface area contributed by atoms with Crippen molar-refractivity contribution in [3.8, 4) is 28.7 Å². The van der Waals surface area contributed by atoms with Gasteiger partial charge in [0, 0.05) is 31.1 Å². The highest BCUT2D eigenvalue weighted by molar-refractivity contribution is 5.61. The van der Waals surface area contributed by atoms with Crippen molar-refractivity contribution in [1.29, 1.82) is 0 Å². The number of aromatic nitrogens is 10. The molecule has 0 aliphatic heterocycles. The molecule has 1 aliphatic carbocycles. The first kappa shape index (κ1) is 20.1. The van der Waals surface area contributed by atoms with Crippen LogP contribution in [-0.4, -0.2) is 50.1 Å². The van der Waals surface area contributed by atoms with E-state index in [1.54, 1.807) is 21.8 Å². The third-order valence-corrected chi connectivity index (χ3v) is 5.67. The predicted molar refractivity (Wildman–Crippen MR) is 117 cm³/mol. The number of aryl methyl sites for hydroxylation is 1. The van der Waals surface area contributed by atoms with Crippen molar-refractivity contribution in [2.24, 2.45) is 7.05 Å². The minimum atomic E-state index is 0.269. The molecule has 0 bridgehead atoms. The molecule has 5 heterocycles. The van der Waals surface area contributed by atoms with Crippen molar-refractivity contribution in [1.82, 2.24) is 50.1 Å². The van der Waals surface area contributed by atoms with E-state index in [9.17, 15) is 0 Å². The summed E-state index contributed by atoms with van der Waals surface area (Å²) in [7, 11) is 1.84. The van der Waals surface area contributed by atoms with Gasteiger partial charge in [0.05, 0.1) is 29.7 Å². The van der Waals surface area contributed by atoms with E-state index in [0.29, 0.717) is 35.6 Å². The molecule has 12 nitrogen and oxygen atoms in total. The van der Waals surface area contributed by atoms with Gasteiger partial charge in [-0.1, -0.05) is 11.2 Å². The van der Waals surface area contributed by atoms with Crippen LogP contribution >= 0.6 is 0 Å². The smallest absolute Gasteiger partial charge is 0.261 e. The Bertz CT molecular complexity index is 1400. The number of pyridine rings is 2. The molecule has 0 atom stereocenters. The maximum atomic E-state index is 5.92. The minimum absolute atomic E-state index is 0.269. The van der Waals surface area contributed by atoms with E-state index < -0.39 is 0 Å². The average molecular weight is 456 g/mol. The Hall–Kier alpha value is -4.48. The van der Waals surface area contributed by atoms with Gasteiger partial charge in [0.2, 0.25) is 11.7 Å². The lowest BCUT2D eigenvalue weighted by Crippen LogP contribution is -2.05. The summed E-state index contributed by atoms with van der Waals surface area (Å²) >= 11 is 0. The lowest BCUT2D eigenvalue weighted by atomic mass is 10.2. The van der Waals surface area contributed by atoms with E-state index in [0.717, 1.165) is 17.0 Å². The second-order valence-corrected chi connectivity index (χ2v) is 8.09. The van der Waals surface area contributed by atoms with E-state index in [4.69, 9.17) is 9.26 Å². The molecule has 6 rings (SSSR count). The molecule has 12 heteroatoms. The molecular formula is C22H20N10O2. The SMILES string of the molecule is Cn1ncc(-c2nc(-c3ccnc(Cn4cnnn4)c3)no2)c1COc1ccc(C2CC2)cn1. The monoisotopic (exact) mass is 456 g/mol. The lowest BCUT2D eigenvalue weighted by Gasteiger charge is -2.07. The standard InChI is InChI=1S/C22H20N10O2/c1-31-19(12-33-20-5-4-16(9-24-20)14-2-3-14)18(10-26-31)22-27-21(28-34-22)15-6-7-23-17(8-15)11-32-13-25-29-30-32/h4-10,13-14H,2-3,11-12H2,1H3. The first-order chi connectivity index (χ1) is 16.7. The van der Waals surface area contributed by atoms with Crippen LogP contribution in [0.1, 0.15) is 35.7 Å². The van der Waals surface area contributed by atoms with Crippen LogP contribution in [-0.2, 0) is 20.2 Å². The Morgan fingerprint density at radius 2 is 2.09 bits per heavy atom. The van der Waals surface area contributed by atoms with Gasteiger partial charge in [0.25, 0.3) is 5.89 Å². The average Bonchev–Trinajstić information content (AvgIpc) is 3.20. The fourth-order valence-corrected chi connectivity index (χ4v) is 3.66. The molecule has 1 fully saturated rings. The first-order valence-corrected chi connectivity index (χ1v) is 10.8. The van der Waals surface area contributed by atoms with E-state index in [1.165, 1.54) is 24.7 Å².